The number of hydrogen-bond acceptors (Lipinski definition) is 5. The molecule has 1 aromatic heterocycles. The van der Waals surface area contributed by atoms with E-state index < -0.39 is 5.97 Å². The van der Waals surface area contributed by atoms with Crippen LogP contribution in [0.4, 0.5) is 5.69 Å². The summed E-state index contributed by atoms with van der Waals surface area (Å²) in [5.74, 6) is -1.00. The Morgan fingerprint density at radius 1 is 1.21 bits per heavy atom. The number of carboxylic acids is 1. The second kappa shape index (κ2) is 9.32. The van der Waals surface area contributed by atoms with E-state index in [9.17, 15) is 9.59 Å². The topological polar surface area (TPSA) is 94.6 Å². The molecule has 3 rings (SSSR count). The first-order valence-corrected chi connectivity index (χ1v) is 9.55. The van der Waals surface area contributed by atoms with Crippen molar-refractivity contribution in [2.24, 2.45) is 0 Å². The van der Waals surface area contributed by atoms with Crippen LogP contribution in [0.15, 0.2) is 48.7 Å². The lowest BCUT2D eigenvalue weighted by Crippen LogP contribution is -2.51. The molecule has 0 unspecified atom stereocenters. The van der Waals surface area contributed by atoms with Crippen molar-refractivity contribution in [1.29, 1.82) is 0 Å². The van der Waals surface area contributed by atoms with Gasteiger partial charge in [0, 0.05) is 30.5 Å². The molecule has 1 aliphatic rings. The number of aromatic nitrogens is 1. The third-order valence-corrected chi connectivity index (χ3v) is 5.03. The van der Waals surface area contributed by atoms with Crippen molar-refractivity contribution in [2.75, 3.05) is 18.4 Å². The predicted molar refractivity (Wildman–Crippen MR) is 107 cm³/mol. The number of carbonyl (C=O) groups excluding carboxylic acids is 1. The summed E-state index contributed by atoms with van der Waals surface area (Å²) in [5.41, 5.74) is 2.26. The van der Waals surface area contributed by atoms with E-state index in [0.29, 0.717) is 12.2 Å². The Bertz CT molecular complexity index is 806. The van der Waals surface area contributed by atoms with Gasteiger partial charge in [0.15, 0.2) is 0 Å². The Kier molecular flexibility index (Phi) is 6.60. The van der Waals surface area contributed by atoms with Gasteiger partial charge in [-0.15, -0.1) is 0 Å². The Hall–Kier alpha value is -2.93. The molecular weight excluding hydrogens is 356 g/mol. The van der Waals surface area contributed by atoms with Crippen LogP contribution in [0.3, 0.4) is 0 Å². The lowest BCUT2D eigenvalue weighted by molar-refractivity contribution is -0.139. The molecule has 28 heavy (non-hydrogen) atoms. The summed E-state index contributed by atoms with van der Waals surface area (Å²) in [6.07, 6.45) is 3.40. The number of nitrogens with one attached hydrogen (secondary N) is 2. The van der Waals surface area contributed by atoms with E-state index in [1.807, 2.05) is 48.2 Å². The maximum Gasteiger partial charge on any atom is 0.317 e. The minimum absolute atomic E-state index is 0.0783. The maximum absolute atomic E-state index is 12.4. The molecule has 148 valence electrons. The van der Waals surface area contributed by atoms with Gasteiger partial charge in [-0.1, -0.05) is 37.3 Å². The highest BCUT2D eigenvalue weighted by Crippen LogP contribution is 2.28. The van der Waals surface area contributed by atoms with Crippen LogP contribution >= 0.6 is 0 Å². The van der Waals surface area contributed by atoms with Crippen LogP contribution in [0.1, 0.15) is 35.8 Å². The number of benzene rings is 1. The number of carboxylic acid groups (broad SMARTS) is 1. The molecule has 1 saturated carbocycles. The molecule has 0 aliphatic heterocycles. The van der Waals surface area contributed by atoms with Gasteiger partial charge in [0.2, 0.25) is 0 Å². The SMILES string of the molecule is CCN(CC(=O)O)C1CC(Nc2ccnc(C(=O)NCc3ccccc3)c2)C1. The molecule has 1 aliphatic carbocycles. The van der Waals surface area contributed by atoms with Gasteiger partial charge in [0.05, 0.1) is 6.54 Å². The molecule has 0 atom stereocenters. The molecule has 3 N–H and O–H groups in total. The van der Waals surface area contributed by atoms with Gasteiger partial charge < -0.3 is 15.7 Å². The smallest absolute Gasteiger partial charge is 0.317 e. The number of aliphatic carboxylic acids is 1. The summed E-state index contributed by atoms with van der Waals surface area (Å²) in [4.78, 5) is 29.4. The van der Waals surface area contributed by atoms with Crippen LogP contribution in [-0.4, -0.2) is 52.0 Å². The minimum atomic E-state index is -0.793. The fourth-order valence-electron chi connectivity index (χ4n) is 3.43. The first-order chi connectivity index (χ1) is 13.5. The highest BCUT2D eigenvalue weighted by atomic mass is 16.4. The largest absolute Gasteiger partial charge is 0.480 e. The second-order valence-corrected chi connectivity index (χ2v) is 7.02. The Morgan fingerprint density at radius 2 is 1.96 bits per heavy atom. The van der Waals surface area contributed by atoms with Gasteiger partial charge in [-0.05, 0) is 37.1 Å². The Labute approximate surface area is 164 Å². The number of pyridine rings is 1. The predicted octanol–water partition coefficient (Wildman–Crippen LogP) is 2.36. The van der Waals surface area contributed by atoms with Crippen molar-refractivity contribution in [2.45, 2.75) is 38.4 Å². The summed E-state index contributed by atoms with van der Waals surface area (Å²) in [6.45, 7) is 3.24. The highest BCUT2D eigenvalue weighted by Gasteiger charge is 2.33. The fourth-order valence-corrected chi connectivity index (χ4v) is 3.43. The molecule has 1 heterocycles. The third-order valence-electron chi connectivity index (χ3n) is 5.03. The Balaban J connectivity index is 1.50. The van der Waals surface area contributed by atoms with Crippen LogP contribution < -0.4 is 10.6 Å². The highest BCUT2D eigenvalue weighted by molar-refractivity contribution is 5.93. The summed E-state index contributed by atoms with van der Waals surface area (Å²) < 4.78 is 0. The van der Waals surface area contributed by atoms with Gasteiger partial charge in [0.25, 0.3) is 5.91 Å². The van der Waals surface area contributed by atoms with Crippen molar-refractivity contribution in [3.63, 3.8) is 0 Å². The lowest BCUT2D eigenvalue weighted by atomic mass is 9.85. The monoisotopic (exact) mass is 382 g/mol. The fraction of sp³-hybridized carbons (Fsp3) is 0.381. The van der Waals surface area contributed by atoms with Crippen molar-refractivity contribution < 1.29 is 14.7 Å². The molecule has 7 heteroatoms. The van der Waals surface area contributed by atoms with Crippen LogP contribution in [0, 0.1) is 0 Å². The number of carbonyl (C=O) groups is 2. The van der Waals surface area contributed by atoms with Crippen molar-refractivity contribution in [3.05, 3.63) is 59.9 Å². The van der Waals surface area contributed by atoms with Gasteiger partial charge in [-0.25, -0.2) is 0 Å². The molecule has 0 bridgehead atoms. The average molecular weight is 382 g/mol. The van der Waals surface area contributed by atoms with Crippen molar-refractivity contribution >= 4 is 17.6 Å². The van der Waals surface area contributed by atoms with Crippen LogP contribution in [0.25, 0.3) is 0 Å². The molecule has 0 radical (unpaired) electrons. The van der Waals surface area contributed by atoms with E-state index in [4.69, 9.17) is 5.11 Å². The molecule has 1 fully saturated rings. The molecule has 1 aromatic carbocycles. The quantitative estimate of drug-likeness (QED) is 0.616. The Morgan fingerprint density at radius 3 is 2.64 bits per heavy atom. The van der Waals surface area contributed by atoms with E-state index in [2.05, 4.69) is 15.6 Å². The molecule has 0 spiro atoms. The normalized spacial score (nSPS) is 18.4. The number of anilines is 1. The summed E-state index contributed by atoms with van der Waals surface area (Å²) >= 11 is 0. The maximum atomic E-state index is 12.4. The van der Waals surface area contributed by atoms with E-state index in [-0.39, 0.29) is 24.5 Å². The van der Waals surface area contributed by atoms with Crippen LogP contribution in [0.5, 0.6) is 0 Å². The van der Waals surface area contributed by atoms with Gasteiger partial charge in [0.1, 0.15) is 5.69 Å². The zero-order chi connectivity index (χ0) is 19.9. The van der Waals surface area contributed by atoms with Gasteiger partial charge in [-0.3, -0.25) is 19.5 Å². The van der Waals surface area contributed by atoms with Crippen LogP contribution in [0.2, 0.25) is 0 Å². The van der Waals surface area contributed by atoms with Crippen LogP contribution in [-0.2, 0) is 11.3 Å². The van der Waals surface area contributed by atoms with E-state index in [1.54, 1.807) is 12.3 Å². The molecule has 2 aromatic rings. The lowest BCUT2D eigenvalue weighted by Gasteiger charge is -2.42. The van der Waals surface area contributed by atoms with Crippen molar-refractivity contribution in [3.8, 4) is 0 Å². The number of likely N-dealkylation sites (N-methyl/N-ethyl adjacent to an activating group) is 1. The average Bonchev–Trinajstić information content (AvgIpc) is 2.68. The molecular formula is C21H26N4O3. The summed E-state index contributed by atoms with van der Waals surface area (Å²) in [5, 5.41) is 15.3. The zero-order valence-electron chi connectivity index (χ0n) is 16.0. The number of nitrogens with zero attached hydrogens (tertiary/aromatic N) is 2. The second-order valence-electron chi connectivity index (χ2n) is 7.02. The zero-order valence-corrected chi connectivity index (χ0v) is 16.0. The van der Waals surface area contributed by atoms with E-state index >= 15 is 0 Å². The standard InChI is InChI=1S/C21H26N4O3/c1-2-25(14-20(26)27)18-10-17(11-18)24-16-8-9-22-19(12-16)21(28)23-13-15-6-4-3-5-7-15/h3-9,12,17-18H,2,10-11,13-14H2,1H3,(H,22,24)(H,23,28)(H,26,27). The van der Waals surface area contributed by atoms with E-state index in [1.165, 1.54) is 0 Å². The first kappa shape index (κ1) is 19.8. The minimum Gasteiger partial charge on any atom is -0.480 e. The van der Waals surface area contributed by atoms with Crippen molar-refractivity contribution in [1.82, 2.24) is 15.2 Å². The number of rotatable bonds is 9. The molecule has 0 saturated heterocycles. The van der Waals surface area contributed by atoms with Gasteiger partial charge >= 0.3 is 5.97 Å². The molecule has 7 nitrogen and oxygen atoms in total. The third kappa shape index (κ3) is 5.29. The summed E-state index contributed by atoms with van der Waals surface area (Å²) in [7, 11) is 0. The number of hydrogen-bond donors (Lipinski definition) is 3. The molecule has 1 amide bonds. The number of amides is 1. The van der Waals surface area contributed by atoms with E-state index in [0.717, 1.165) is 30.6 Å². The summed E-state index contributed by atoms with van der Waals surface area (Å²) in [6, 6.07) is 13.9. The first-order valence-electron chi connectivity index (χ1n) is 9.55. The van der Waals surface area contributed by atoms with Gasteiger partial charge in [-0.2, -0.15) is 0 Å².